The molecule has 0 aromatic rings. The molecule has 0 aromatic carbocycles. The van der Waals surface area contributed by atoms with Gasteiger partial charge in [0, 0.05) is 30.9 Å². The van der Waals surface area contributed by atoms with Crippen molar-refractivity contribution in [3.63, 3.8) is 0 Å². The first kappa shape index (κ1) is 20.3. The molecule has 0 radical (unpaired) electrons. The number of hydrogen-bond acceptors (Lipinski definition) is 7. The summed E-state index contributed by atoms with van der Waals surface area (Å²) < 4.78 is 22.5. The fourth-order valence-electron chi connectivity index (χ4n) is 3.92. The summed E-state index contributed by atoms with van der Waals surface area (Å²) in [7, 11) is 0. The first-order chi connectivity index (χ1) is 13.0. The van der Waals surface area contributed by atoms with Crippen LogP contribution < -0.4 is 0 Å². The highest BCUT2D eigenvalue weighted by molar-refractivity contribution is 5.91. The molecule has 0 aromatic heterocycles. The third-order valence-electron chi connectivity index (χ3n) is 5.58. The maximum Gasteiger partial charge on any atom is 0.334 e. The molecule has 2 saturated heterocycles. The van der Waals surface area contributed by atoms with Gasteiger partial charge in [-0.05, 0) is 32.4 Å². The maximum absolute atomic E-state index is 12.2. The van der Waals surface area contributed by atoms with Crippen molar-refractivity contribution < 1.29 is 33.3 Å². The summed E-state index contributed by atoms with van der Waals surface area (Å²) >= 11 is 0. The molecule has 152 valence electrons. The summed E-state index contributed by atoms with van der Waals surface area (Å²) in [6.07, 6.45) is 0.638. The van der Waals surface area contributed by atoms with Crippen LogP contribution >= 0.6 is 0 Å². The van der Waals surface area contributed by atoms with E-state index in [0.29, 0.717) is 12.8 Å². The van der Waals surface area contributed by atoms with E-state index in [-0.39, 0.29) is 17.3 Å². The summed E-state index contributed by atoms with van der Waals surface area (Å²) in [5.41, 5.74) is 0.702. The zero-order valence-corrected chi connectivity index (χ0v) is 16.7. The van der Waals surface area contributed by atoms with Crippen molar-refractivity contribution in [3.8, 4) is 0 Å². The molecule has 0 saturated carbocycles. The molecule has 3 rings (SSSR count). The number of esters is 3. The molecule has 2 aliphatic heterocycles. The molecule has 2 fully saturated rings. The molecule has 0 amide bonds. The van der Waals surface area contributed by atoms with Gasteiger partial charge in [-0.2, -0.15) is 0 Å². The number of carbonyl (C=O) groups excluding carboxylic acids is 3. The van der Waals surface area contributed by atoms with Crippen LogP contribution in [0.2, 0.25) is 0 Å². The predicted molar refractivity (Wildman–Crippen MR) is 99.0 cm³/mol. The van der Waals surface area contributed by atoms with E-state index in [1.54, 1.807) is 13.0 Å². The second kappa shape index (κ2) is 7.20. The Morgan fingerprint density at radius 1 is 1.29 bits per heavy atom. The number of ether oxygens (including phenoxy) is 4. The topological polar surface area (TPSA) is 91.4 Å². The second-order valence-corrected chi connectivity index (χ2v) is 8.01. The molecule has 3 aliphatic rings. The SMILES string of the molecule is C=C(C)C(=O)O[C@H]1C[C@@]2(C)O[C@H]2C[C@@H](OC(C)=O)/C(C)=C/[C@@H]2OC(=O)C(=C)[C@H]21. The predicted octanol–water partition coefficient (Wildman–Crippen LogP) is 2.40. The summed E-state index contributed by atoms with van der Waals surface area (Å²) in [5, 5.41) is 0. The number of carbonyl (C=O) groups is 3. The van der Waals surface area contributed by atoms with Crippen molar-refractivity contribution in [2.75, 3.05) is 0 Å². The molecule has 0 bridgehead atoms. The molecular weight excluding hydrogens is 364 g/mol. The van der Waals surface area contributed by atoms with Gasteiger partial charge in [-0.25, -0.2) is 9.59 Å². The van der Waals surface area contributed by atoms with Gasteiger partial charge < -0.3 is 18.9 Å². The molecule has 28 heavy (non-hydrogen) atoms. The fourth-order valence-corrected chi connectivity index (χ4v) is 3.92. The molecular formula is C21H26O7. The zero-order chi connectivity index (χ0) is 20.8. The van der Waals surface area contributed by atoms with Gasteiger partial charge in [-0.15, -0.1) is 0 Å². The third-order valence-corrected chi connectivity index (χ3v) is 5.58. The quantitative estimate of drug-likeness (QED) is 0.240. The molecule has 6 atom stereocenters. The van der Waals surface area contributed by atoms with Crippen molar-refractivity contribution >= 4 is 17.9 Å². The first-order valence-corrected chi connectivity index (χ1v) is 9.31. The minimum Gasteiger partial charge on any atom is -0.458 e. The molecule has 7 nitrogen and oxygen atoms in total. The molecule has 2 heterocycles. The first-order valence-electron chi connectivity index (χ1n) is 9.31. The Bertz CT molecular complexity index is 780. The summed E-state index contributed by atoms with van der Waals surface area (Å²) in [6, 6.07) is 0. The van der Waals surface area contributed by atoms with Crippen molar-refractivity contribution in [1.29, 1.82) is 0 Å². The average Bonchev–Trinajstić information content (AvgIpc) is 3.11. The highest BCUT2D eigenvalue weighted by Gasteiger charge is 2.58. The second-order valence-electron chi connectivity index (χ2n) is 8.01. The highest BCUT2D eigenvalue weighted by atomic mass is 16.6. The van der Waals surface area contributed by atoms with Gasteiger partial charge in [0.15, 0.2) is 0 Å². The van der Waals surface area contributed by atoms with E-state index in [1.165, 1.54) is 6.92 Å². The van der Waals surface area contributed by atoms with Crippen molar-refractivity contribution in [2.45, 2.75) is 70.6 Å². The van der Waals surface area contributed by atoms with Crippen LogP contribution in [-0.2, 0) is 33.3 Å². The van der Waals surface area contributed by atoms with Gasteiger partial charge in [0.1, 0.15) is 18.3 Å². The number of hydrogen-bond donors (Lipinski definition) is 0. The van der Waals surface area contributed by atoms with E-state index in [9.17, 15) is 14.4 Å². The molecule has 0 spiro atoms. The van der Waals surface area contributed by atoms with Gasteiger partial charge in [-0.3, -0.25) is 4.79 Å². The third kappa shape index (κ3) is 3.90. The Morgan fingerprint density at radius 2 is 1.96 bits per heavy atom. The van der Waals surface area contributed by atoms with Gasteiger partial charge in [0.2, 0.25) is 0 Å². The van der Waals surface area contributed by atoms with E-state index >= 15 is 0 Å². The van der Waals surface area contributed by atoms with E-state index in [4.69, 9.17) is 18.9 Å². The van der Waals surface area contributed by atoms with Crippen LogP contribution in [0.4, 0.5) is 0 Å². The largest absolute Gasteiger partial charge is 0.458 e. The maximum atomic E-state index is 12.2. The van der Waals surface area contributed by atoms with Crippen molar-refractivity contribution in [3.05, 3.63) is 36.0 Å². The van der Waals surface area contributed by atoms with Gasteiger partial charge >= 0.3 is 17.9 Å². The van der Waals surface area contributed by atoms with Crippen LogP contribution in [0.5, 0.6) is 0 Å². The zero-order valence-electron chi connectivity index (χ0n) is 16.7. The molecule has 1 aliphatic carbocycles. The van der Waals surface area contributed by atoms with E-state index in [0.717, 1.165) is 5.57 Å². The van der Waals surface area contributed by atoms with Crippen LogP contribution in [-0.4, -0.2) is 47.9 Å². The fraction of sp³-hybridized carbons (Fsp3) is 0.571. The normalized spacial score (nSPS) is 38.9. The lowest BCUT2D eigenvalue weighted by atomic mass is 9.82. The van der Waals surface area contributed by atoms with Gasteiger partial charge in [-0.1, -0.05) is 13.2 Å². The lowest BCUT2D eigenvalue weighted by molar-refractivity contribution is -0.149. The van der Waals surface area contributed by atoms with Crippen molar-refractivity contribution in [1.82, 2.24) is 0 Å². The Labute approximate surface area is 164 Å². The number of epoxide rings is 1. The standard InChI is InChI=1S/C21H26O7/c1-10(2)19(23)27-16-9-21(6)17(28-21)8-14(25-13(5)22)11(3)7-15-18(16)12(4)20(24)26-15/h7,14-18H,1,4,8-9H2,2-3,5-6H3/b11-7+/t14-,15+,16+,17+,18-,21-/m1/s1. The smallest absolute Gasteiger partial charge is 0.334 e. The Morgan fingerprint density at radius 3 is 2.57 bits per heavy atom. The summed E-state index contributed by atoms with van der Waals surface area (Å²) in [6.45, 7) is 14.1. The minimum atomic E-state index is -0.667. The number of fused-ring (bicyclic) bond motifs is 2. The molecule has 7 heteroatoms. The van der Waals surface area contributed by atoms with Crippen LogP contribution in [0.1, 0.15) is 40.5 Å². The van der Waals surface area contributed by atoms with Crippen LogP contribution in [0, 0.1) is 5.92 Å². The van der Waals surface area contributed by atoms with Gasteiger partial charge in [0.25, 0.3) is 0 Å². The van der Waals surface area contributed by atoms with E-state index < -0.39 is 47.7 Å². The van der Waals surface area contributed by atoms with Gasteiger partial charge in [0.05, 0.1) is 17.6 Å². The number of rotatable bonds is 3. The Hall–Kier alpha value is -2.41. The minimum absolute atomic E-state index is 0.158. The molecule has 0 N–H and O–H groups in total. The monoisotopic (exact) mass is 390 g/mol. The van der Waals surface area contributed by atoms with Crippen LogP contribution in [0.15, 0.2) is 36.0 Å². The lowest BCUT2D eigenvalue weighted by Gasteiger charge is -2.29. The average molecular weight is 390 g/mol. The van der Waals surface area contributed by atoms with E-state index in [1.807, 2.05) is 13.8 Å². The summed E-state index contributed by atoms with van der Waals surface area (Å²) in [5.74, 6) is -2.01. The molecule has 0 unspecified atom stereocenters. The lowest BCUT2D eigenvalue weighted by Crippen LogP contribution is -2.38. The van der Waals surface area contributed by atoms with Crippen LogP contribution in [0.3, 0.4) is 0 Å². The Kier molecular flexibility index (Phi) is 5.23. The summed E-state index contributed by atoms with van der Waals surface area (Å²) in [4.78, 5) is 35.9. The Balaban J connectivity index is 1.99. The highest BCUT2D eigenvalue weighted by Crippen LogP contribution is 2.48. The van der Waals surface area contributed by atoms with Crippen LogP contribution in [0.25, 0.3) is 0 Å². The van der Waals surface area contributed by atoms with E-state index in [2.05, 4.69) is 13.2 Å². The van der Waals surface area contributed by atoms with Crippen molar-refractivity contribution in [2.24, 2.45) is 5.92 Å².